The van der Waals surface area contributed by atoms with E-state index >= 15 is 0 Å². The topological polar surface area (TPSA) is 42.9 Å². The molecule has 0 saturated carbocycles. The molecule has 0 radical (unpaired) electrons. The Balaban J connectivity index is 0.000000720. The highest BCUT2D eigenvalue weighted by atomic mass is 35.5. The van der Waals surface area contributed by atoms with Crippen molar-refractivity contribution in [3.05, 3.63) is 34.2 Å². The highest BCUT2D eigenvalue weighted by Gasteiger charge is 1.96. The lowest BCUT2D eigenvalue weighted by Crippen LogP contribution is -2.03. The van der Waals surface area contributed by atoms with Crippen molar-refractivity contribution in [3.8, 4) is 0 Å². The summed E-state index contributed by atoms with van der Waals surface area (Å²) in [6, 6.07) is 3.46. The van der Waals surface area contributed by atoms with Crippen LogP contribution in [-0.2, 0) is 0 Å². The summed E-state index contributed by atoms with van der Waals surface area (Å²) >= 11 is 1.37. The van der Waals surface area contributed by atoms with E-state index < -0.39 is 0 Å². The van der Waals surface area contributed by atoms with Crippen LogP contribution in [0.25, 0.3) is 10.2 Å². The lowest BCUT2D eigenvalue weighted by Gasteiger charge is -1.89. The SMILES string of the molecule is Cl.O=c1ncsc2ncccc12. The maximum atomic E-state index is 11.0. The molecule has 0 aromatic carbocycles. The Morgan fingerprint density at radius 1 is 1.33 bits per heavy atom. The summed E-state index contributed by atoms with van der Waals surface area (Å²) in [6.07, 6.45) is 1.66. The van der Waals surface area contributed by atoms with Crippen LogP contribution in [0.4, 0.5) is 0 Å². The Morgan fingerprint density at radius 2 is 2.17 bits per heavy atom. The van der Waals surface area contributed by atoms with Crippen molar-refractivity contribution in [2.75, 3.05) is 0 Å². The van der Waals surface area contributed by atoms with Gasteiger partial charge in [-0.15, -0.1) is 23.7 Å². The molecular weight excluding hydrogens is 196 g/mol. The second-order valence-electron chi connectivity index (χ2n) is 2.01. The van der Waals surface area contributed by atoms with Crippen LogP contribution < -0.4 is 5.56 Å². The fraction of sp³-hybridized carbons (Fsp3) is 0. The van der Waals surface area contributed by atoms with Gasteiger partial charge < -0.3 is 0 Å². The average Bonchev–Trinajstić information content (AvgIpc) is 2.06. The number of hydrogen-bond donors (Lipinski definition) is 0. The molecule has 2 heterocycles. The van der Waals surface area contributed by atoms with Crippen molar-refractivity contribution < 1.29 is 0 Å². The van der Waals surface area contributed by atoms with E-state index in [0.29, 0.717) is 5.39 Å². The first-order chi connectivity index (χ1) is 5.38. The van der Waals surface area contributed by atoms with Gasteiger partial charge in [-0.1, -0.05) is 0 Å². The van der Waals surface area contributed by atoms with Crippen LogP contribution in [0.15, 0.2) is 28.6 Å². The van der Waals surface area contributed by atoms with E-state index in [4.69, 9.17) is 0 Å². The van der Waals surface area contributed by atoms with Gasteiger partial charge in [0, 0.05) is 6.20 Å². The molecular formula is C7H5ClN2OS. The first-order valence-corrected chi connectivity index (χ1v) is 3.94. The normalized spacial score (nSPS) is 9.33. The summed E-state index contributed by atoms with van der Waals surface area (Å²) in [4.78, 5) is 19.4. The zero-order chi connectivity index (χ0) is 7.68. The third-order valence-corrected chi connectivity index (χ3v) is 2.10. The van der Waals surface area contributed by atoms with Gasteiger partial charge in [0.15, 0.2) is 0 Å². The summed E-state index contributed by atoms with van der Waals surface area (Å²) in [5.41, 5.74) is 1.31. The minimum Gasteiger partial charge on any atom is -0.267 e. The maximum Gasteiger partial charge on any atom is 0.280 e. The second-order valence-corrected chi connectivity index (χ2v) is 2.85. The molecule has 0 saturated heterocycles. The van der Waals surface area contributed by atoms with Crippen molar-refractivity contribution in [1.82, 2.24) is 9.97 Å². The molecule has 2 rings (SSSR count). The van der Waals surface area contributed by atoms with E-state index in [-0.39, 0.29) is 18.0 Å². The molecule has 0 aliphatic carbocycles. The number of hydrogen-bond acceptors (Lipinski definition) is 4. The van der Waals surface area contributed by atoms with E-state index in [9.17, 15) is 4.79 Å². The molecule has 0 aliphatic heterocycles. The third kappa shape index (κ3) is 1.44. The summed E-state index contributed by atoms with van der Waals surface area (Å²) in [7, 11) is 0. The molecule has 0 amide bonds. The Labute approximate surface area is 78.5 Å². The van der Waals surface area contributed by atoms with Crippen LogP contribution in [0.5, 0.6) is 0 Å². The van der Waals surface area contributed by atoms with Gasteiger partial charge in [0.25, 0.3) is 5.56 Å². The fourth-order valence-electron chi connectivity index (χ4n) is 0.841. The summed E-state index contributed by atoms with van der Waals surface area (Å²) in [5.74, 6) is 0. The molecule has 2 aromatic rings. The minimum absolute atomic E-state index is 0. The monoisotopic (exact) mass is 200 g/mol. The number of halogens is 1. The summed E-state index contributed by atoms with van der Waals surface area (Å²) in [5, 5.41) is 0.597. The van der Waals surface area contributed by atoms with Crippen molar-refractivity contribution in [2.24, 2.45) is 0 Å². The number of pyridine rings is 1. The van der Waals surface area contributed by atoms with E-state index in [1.807, 2.05) is 0 Å². The fourth-order valence-corrected chi connectivity index (χ4v) is 1.49. The Kier molecular flexibility index (Phi) is 2.73. The summed E-state index contributed by atoms with van der Waals surface area (Å²) in [6.45, 7) is 0. The van der Waals surface area contributed by atoms with Gasteiger partial charge in [-0.3, -0.25) is 4.79 Å². The van der Waals surface area contributed by atoms with Gasteiger partial charge in [-0.2, -0.15) is 0 Å². The minimum atomic E-state index is -0.202. The Hall–Kier alpha value is -1.00. The van der Waals surface area contributed by atoms with E-state index in [0.717, 1.165) is 4.83 Å². The molecule has 2 aromatic heterocycles. The Bertz CT molecular complexity index is 437. The zero-order valence-electron chi connectivity index (χ0n) is 5.93. The molecule has 0 spiro atoms. The van der Waals surface area contributed by atoms with Gasteiger partial charge >= 0.3 is 0 Å². The molecule has 0 N–H and O–H groups in total. The molecule has 12 heavy (non-hydrogen) atoms. The van der Waals surface area contributed by atoms with Crippen molar-refractivity contribution in [3.63, 3.8) is 0 Å². The average molecular weight is 201 g/mol. The summed E-state index contributed by atoms with van der Waals surface area (Å²) < 4.78 is 0. The van der Waals surface area contributed by atoms with Crippen molar-refractivity contribution >= 4 is 34.0 Å². The number of fused-ring (bicyclic) bond motifs is 1. The highest BCUT2D eigenvalue weighted by molar-refractivity contribution is 7.15. The molecule has 0 fully saturated rings. The number of aromatic nitrogens is 2. The standard InChI is InChI=1S/C7H4N2OS.ClH/c10-6-5-2-1-3-8-7(5)11-4-9-6;/h1-4H;1H. The van der Waals surface area contributed by atoms with Crippen LogP contribution >= 0.6 is 23.7 Å². The zero-order valence-corrected chi connectivity index (χ0v) is 7.56. The third-order valence-electron chi connectivity index (χ3n) is 1.34. The maximum absolute atomic E-state index is 11.0. The predicted octanol–water partition coefficient (Wildman–Crippen LogP) is 1.47. The lowest BCUT2D eigenvalue weighted by atomic mass is 10.4. The van der Waals surface area contributed by atoms with Crippen LogP contribution in [0, 0.1) is 0 Å². The molecule has 62 valence electrons. The van der Waals surface area contributed by atoms with Crippen LogP contribution in [0.1, 0.15) is 0 Å². The largest absolute Gasteiger partial charge is 0.280 e. The lowest BCUT2D eigenvalue weighted by molar-refractivity contribution is 1.30. The van der Waals surface area contributed by atoms with Crippen LogP contribution in [-0.4, -0.2) is 9.97 Å². The van der Waals surface area contributed by atoms with E-state index in [2.05, 4.69) is 9.97 Å². The van der Waals surface area contributed by atoms with Gasteiger partial charge in [-0.05, 0) is 12.1 Å². The number of nitrogens with zero attached hydrogens (tertiary/aromatic N) is 2. The van der Waals surface area contributed by atoms with Crippen LogP contribution in [0.3, 0.4) is 0 Å². The van der Waals surface area contributed by atoms with Crippen molar-refractivity contribution in [2.45, 2.75) is 0 Å². The second kappa shape index (κ2) is 3.60. The predicted molar refractivity (Wildman–Crippen MR) is 50.9 cm³/mol. The van der Waals surface area contributed by atoms with Crippen molar-refractivity contribution in [1.29, 1.82) is 0 Å². The Morgan fingerprint density at radius 3 is 2.92 bits per heavy atom. The highest BCUT2D eigenvalue weighted by Crippen LogP contribution is 2.08. The van der Waals surface area contributed by atoms with Gasteiger partial charge in [0.05, 0.1) is 10.9 Å². The molecule has 0 unspecified atom stereocenters. The molecule has 5 heteroatoms. The molecule has 3 nitrogen and oxygen atoms in total. The first kappa shape index (κ1) is 9.09. The van der Waals surface area contributed by atoms with E-state index in [1.54, 1.807) is 18.3 Å². The molecule has 0 bridgehead atoms. The first-order valence-electron chi connectivity index (χ1n) is 3.06. The number of rotatable bonds is 0. The van der Waals surface area contributed by atoms with Crippen LogP contribution in [0.2, 0.25) is 0 Å². The van der Waals surface area contributed by atoms with E-state index in [1.165, 1.54) is 16.8 Å². The van der Waals surface area contributed by atoms with Gasteiger partial charge in [0.1, 0.15) is 4.83 Å². The van der Waals surface area contributed by atoms with Gasteiger partial charge in [0.2, 0.25) is 0 Å². The molecule has 0 atom stereocenters. The quantitative estimate of drug-likeness (QED) is 0.647. The molecule has 0 aliphatic rings. The smallest absolute Gasteiger partial charge is 0.267 e. The van der Waals surface area contributed by atoms with Gasteiger partial charge in [-0.25, -0.2) is 9.97 Å².